The minimum Gasteiger partial charge on any atom is -0.105 e. The summed E-state index contributed by atoms with van der Waals surface area (Å²) in [5, 5.41) is 0. The summed E-state index contributed by atoms with van der Waals surface area (Å²) in [6, 6.07) is 0. The van der Waals surface area contributed by atoms with E-state index in [4.69, 9.17) is 0 Å². The molecule has 1 unspecified atom stereocenters. The predicted octanol–water partition coefficient (Wildman–Crippen LogP) is 3.16. The molecule has 1 atom stereocenters. The van der Waals surface area contributed by atoms with Gasteiger partial charge < -0.3 is 0 Å². The van der Waals surface area contributed by atoms with Crippen molar-refractivity contribution in [1.29, 1.82) is 0 Å². The summed E-state index contributed by atoms with van der Waals surface area (Å²) in [7, 11) is 0. The number of thioether (sulfide) groups is 1. The SMILES string of the molecule is IC1=CCC(I)S1. The van der Waals surface area contributed by atoms with Gasteiger partial charge >= 0.3 is 0 Å². The molecule has 0 spiro atoms. The van der Waals surface area contributed by atoms with Crippen LogP contribution in [0.5, 0.6) is 0 Å². The maximum absolute atomic E-state index is 2.45. The normalized spacial score (nSPS) is 30.6. The highest BCUT2D eigenvalue weighted by Crippen LogP contribution is 2.39. The first-order chi connectivity index (χ1) is 3.29. The molecule has 0 nitrogen and oxygen atoms in total. The Labute approximate surface area is 74.8 Å². The van der Waals surface area contributed by atoms with Crippen molar-refractivity contribution in [3.05, 3.63) is 8.99 Å². The van der Waals surface area contributed by atoms with Crippen LogP contribution in [0.4, 0.5) is 0 Å². The van der Waals surface area contributed by atoms with E-state index in [1.165, 1.54) is 9.33 Å². The van der Waals surface area contributed by atoms with Gasteiger partial charge in [-0.15, -0.1) is 11.8 Å². The van der Waals surface area contributed by atoms with Gasteiger partial charge in [-0.2, -0.15) is 0 Å². The van der Waals surface area contributed by atoms with Gasteiger partial charge in [0.1, 0.15) is 0 Å². The van der Waals surface area contributed by atoms with Crippen LogP contribution in [0, 0.1) is 0 Å². The number of allylic oxidation sites excluding steroid dienone is 1. The molecule has 0 saturated carbocycles. The zero-order chi connectivity index (χ0) is 5.28. The molecule has 7 heavy (non-hydrogen) atoms. The van der Waals surface area contributed by atoms with Crippen LogP contribution in [-0.2, 0) is 0 Å². The van der Waals surface area contributed by atoms with Crippen molar-refractivity contribution in [2.75, 3.05) is 0 Å². The Morgan fingerprint density at radius 2 is 2.57 bits per heavy atom. The highest BCUT2D eigenvalue weighted by molar-refractivity contribution is 14.1. The molecule has 0 fully saturated rings. The van der Waals surface area contributed by atoms with E-state index in [9.17, 15) is 0 Å². The lowest BCUT2D eigenvalue weighted by Gasteiger charge is -1.91. The van der Waals surface area contributed by atoms with Gasteiger partial charge in [-0.3, -0.25) is 0 Å². The number of hydrogen-bond donors (Lipinski definition) is 0. The van der Waals surface area contributed by atoms with E-state index >= 15 is 0 Å². The summed E-state index contributed by atoms with van der Waals surface area (Å²) in [5.74, 6) is 0. The van der Waals surface area contributed by atoms with E-state index in [0.717, 1.165) is 3.26 Å². The summed E-state index contributed by atoms with van der Waals surface area (Å²) in [5.41, 5.74) is 0. The molecule has 0 aliphatic carbocycles. The van der Waals surface area contributed by atoms with Gasteiger partial charge in [-0.05, 0) is 29.0 Å². The third-order valence-corrected chi connectivity index (χ3v) is 4.02. The second kappa shape index (κ2) is 2.91. The molecule has 0 radical (unpaired) electrons. The Morgan fingerprint density at radius 1 is 1.86 bits per heavy atom. The topological polar surface area (TPSA) is 0 Å². The van der Waals surface area contributed by atoms with Gasteiger partial charge in [-0.1, -0.05) is 28.7 Å². The lowest BCUT2D eigenvalue weighted by atomic mass is 10.5. The summed E-state index contributed by atoms with van der Waals surface area (Å²) in [6.07, 6.45) is 3.53. The van der Waals surface area contributed by atoms with Crippen molar-refractivity contribution in [2.45, 2.75) is 9.68 Å². The minimum atomic E-state index is 0.810. The second-order valence-electron chi connectivity index (χ2n) is 1.27. The Kier molecular flexibility index (Phi) is 2.77. The summed E-state index contributed by atoms with van der Waals surface area (Å²) >= 11 is 6.77. The van der Waals surface area contributed by atoms with E-state index in [0.29, 0.717) is 0 Å². The highest BCUT2D eigenvalue weighted by atomic mass is 127. The van der Waals surface area contributed by atoms with E-state index < -0.39 is 0 Å². The summed E-state index contributed by atoms with van der Waals surface area (Å²) in [6.45, 7) is 0. The van der Waals surface area contributed by atoms with Gasteiger partial charge in [0, 0.05) is 2.91 Å². The molecule has 0 N–H and O–H groups in total. The van der Waals surface area contributed by atoms with Gasteiger partial charge in [0.05, 0.1) is 3.26 Å². The second-order valence-corrected chi connectivity index (χ2v) is 6.76. The van der Waals surface area contributed by atoms with Crippen LogP contribution in [0.2, 0.25) is 0 Å². The average Bonchev–Trinajstić information content (AvgIpc) is 1.87. The molecule has 0 aromatic rings. The average molecular weight is 338 g/mol. The summed E-state index contributed by atoms with van der Waals surface area (Å²) < 4.78 is 2.27. The molecule has 1 heterocycles. The largest absolute Gasteiger partial charge is 0.105 e. The molecule has 1 aliphatic rings. The fourth-order valence-electron chi connectivity index (χ4n) is 0.404. The molecule has 0 saturated heterocycles. The lowest BCUT2D eigenvalue weighted by molar-refractivity contribution is 1.24. The molecule has 1 rings (SSSR count). The van der Waals surface area contributed by atoms with E-state index in [2.05, 4.69) is 51.3 Å². The Balaban J connectivity index is 2.42. The monoisotopic (exact) mass is 338 g/mol. The van der Waals surface area contributed by atoms with Crippen molar-refractivity contribution in [2.24, 2.45) is 0 Å². The fourth-order valence-corrected chi connectivity index (χ4v) is 4.74. The zero-order valence-electron chi connectivity index (χ0n) is 3.53. The third kappa shape index (κ3) is 2.09. The van der Waals surface area contributed by atoms with Crippen molar-refractivity contribution < 1.29 is 0 Å². The van der Waals surface area contributed by atoms with Crippen molar-refractivity contribution >= 4 is 56.9 Å². The molecule has 0 aromatic heterocycles. The molecule has 40 valence electrons. The third-order valence-electron chi connectivity index (χ3n) is 0.704. The minimum absolute atomic E-state index is 0.810. The maximum Gasteiger partial charge on any atom is 0.0651 e. The Morgan fingerprint density at radius 3 is 2.71 bits per heavy atom. The van der Waals surface area contributed by atoms with Crippen LogP contribution in [0.15, 0.2) is 8.99 Å². The zero-order valence-corrected chi connectivity index (χ0v) is 8.66. The van der Waals surface area contributed by atoms with Crippen LogP contribution in [0.25, 0.3) is 0 Å². The van der Waals surface area contributed by atoms with Gasteiger partial charge in [0.2, 0.25) is 0 Å². The van der Waals surface area contributed by atoms with Gasteiger partial charge in [0.25, 0.3) is 0 Å². The maximum atomic E-state index is 2.45. The first kappa shape index (κ1) is 6.67. The quantitative estimate of drug-likeness (QED) is 0.483. The smallest absolute Gasteiger partial charge is 0.0651 e. The molecule has 1 aliphatic heterocycles. The Bertz CT molecular complexity index is 99.9. The van der Waals surface area contributed by atoms with Crippen LogP contribution in [-0.4, -0.2) is 3.26 Å². The molecular weight excluding hydrogens is 334 g/mol. The number of rotatable bonds is 0. The van der Waals surface area contributed by atoms with Crippen LogP contribution in [0.3, 0.4) is 0 Å². The number of alkyl halides is 1. The summed E-state index contributed by atoms with van der Waals surface area (Å²) in [4.78, 5) is 0. The van der Waals surface area contributed by atoms with Crippen LogP contribution >= 0.6 is 56.9 Å². The predicted molar refractivity (Wildman–Crippen MR) is 52.1 cm³/mol. The van der Waals surface area contributed by atoms with E-state index in [1.54, 1.807) is 0 Å². The number of hydrogen-bond acceptors (Lipinski definition) is 1. The molecule has 0 aromatic carbocycles. The van der Waals surface area contributed by atoms with E-state index in [-0.39, 0.29) is 0 Å². The van der Waals surface area contributed by atoms with Crippen LogP contribution < -0.4 is 0 Å². The molecule has 3 heteroatoms. The van der Waals surface area contributed by atoms with Crippen LogP contribution in [0.1, 0.15) is 6.42 Å². The van der Waals surface area contributed by atoms with Crippen molar-refractivity contribution in [3.8, 4) is 0 Å². The van der Waals surface area contributed by atoms with Gasteiger partial charge in [-0.25, -0.2) is 0 Å². The van der Waals surface area contributed by atoms with Crippen molar-refractivity contribution in [1.82, 2.24) is 0 Å². The Hall–Kier alpha value is 1.55. The highest BCUT2D eigenvalue weighted by Gasteiger charge is 2.10. The first-order valence-corrected chi connectivity index (χ1v) is 5.16. The first-order valence-electron chi connectivity index (χ1n) is 1.95. The van der Waals surface area contributed by atoms with Gasteiger partial charge in [0.15, 0.2) is 0 Å². The molecular formula is C4H4I2S. The fraction of sp³-hybridized carbons (Fsp3) is 0.500. The standard InChI is InChI=1S/C4H4I2S/c5-3-1-2-4(6)7-3/h1,4H,2H2. The lowest BCUT2D eigenvalue weighted by Crippen LogP contribution is -1.75. The molecule has 0 amide bonds. The molecule has 0 bridgehead atoms. The van der Waals surface area contributed by atoms with Crippen molar-refractivity contribution in [3.63, 3.8) is 0 Å². The van der Waals surface area contributed by atoms with E-state index in [1.807, 2.05) is 11.8 Å². The number of halogens is 2.